The molecule has 0 unspecified atom stereocenters. The lowest BCUT2D eigenvalue weighted by Gasteiger charge is -2.28. The van der Waals surface area contributed by atoms with E-state index in [1.807, 2.05) is 6.07 Å². The van der Waals surface area contributed by atoms with Gasteiger partial charge in [0.25, 0.3) is 5.84 Å². The maximum absolute atomic E-state index is 13.0. The van der Waals surface area contributed by atoms with Gasteiger partial charge in [-0.3, -0.25) is 9.59 Å². The van der Waals surface area contributed by atoms with Crippen LogP contribution in [0.5, 0.6) is 0 Å². The van der Waals surface area contributed by atoms with Crippen molar-refractivity contribution in [2.75, 3.05) is 6.61 Å². The quantitative estimate of drug-likeness (QED) is 0.114. The number of nitriles is 1. The molecular weight excluding hydrogens is 560 g/mol. The van der Waals surface area contributed by atoms with Gasteiger partial charge in [-0.15, -0.1) is 0 Å². The van der Waals surface area contributed by atoms with Crippen LogP contribution in [0.15, 0.2) is 17.1 Å². The number of aliphatic imine (C=N–C) groups is 1. The summed E-state index contributed by atoms with van der Waals surface area (Å²) >= 11 is 0. The summed E-state index contributed by atoms with van der Waals surface area (Å²) < 4.78 is 17.1. The summed E-state index contributed by atoms with van der Waals surface area (Å²) in [5.74, 6) is -2.01. The Balaban J connectivity index is 1.94. The number of nitrogens with one attached hydrogen (secondary N) is 2. The molecule has 0 spiro atoms. The van der Waals surface area contributed by atoms with Crippen LogP contribution in [0.25, 0.3) is 0 Å². The average Bonchev–Trinajstić information content (AvgIpc) is 3.67. The first kappa shape index (κ1) is 33.9. The van der Waals surface area contributed by atoms with Crippen LogP contribution in [0.1, 0.15) is 78.1 Å². The number of H-pyrrole nitrogens is 1. The Labute approximate surface area is 250 Å². The van der Waals surface area contributed by atoms with E-state index >= 15 is 0 Å². The summed E-state index contributed by atoms with van der Waals surface area (Å²) in [7, 11) is 0. The number of amidine groups is 1. The van der Waals surface area contributed by atoms with E-state index in [0.29, 0.717) is 0 Å². The zero-order chi connectivity index (χ0) is 32.2. The fraction of sp³-hybridized carbons (Fsp3) is 0.655. The Morgan fingerprint density at radius 1 is 1.28 bits per heavy atom. The van der Waals surface area contributed by atoms with E-state index in [1.54, 1.807) is 20.8 Å². The van der Waals surface area contributed by atoms with Crippen molar-refractivity contribution in [1.29, 1.82) is 5.26 Å². The lowest BCUT2D eigenvalue weighted by atomic mass is 9.87. The lowest BCUT2D eigenvalue weighted by molar-refractivity contribution is -0.309. The van der Waals surface area contributed by atoms with Crippen molar-refractivity contribution < 1.29 is 43.8 Å². The van der Waals surface area contributed by atoms with Crippen molar-refractivity contribution in [1.82, 2.24) is 4.98 Å². The molecule has 1 amide bonds. The molecule has 14 heteroatoms. The van der Waals surface area contributed by atoms with Crippen LogP contribution in [0.3, 0.4) is 0 Å². The van der Waals surface area contributed by atoms with Gasteiger partial charge in [-0.05, 0) is 50.2 Å². The van der Waals surface area contributed by atoms with E-state index in [0.717, 1.165) is 32.0 Å². The molecule has 14 nitrogen and oxygen atoms in total. The minimum absolute atomic E-state index is 0.0284. The third-order valence-corrected chi connectivity index (χ3v) is 7.67. The highest BCUT2D eigenvalue weighted by molar-refractivity contribution is 6.01. The Morgan fingerprint density at radius 2 is 1.93 bits per heavy atom. The third-order valence-electron chi connectivity index (χ3n) is 7.67. The van der Waals surface area contributed by atoms with Crippen LogP contribution >= 0.6 is 0 Å². The molecule has 5 atom stereocenters. The van der Waals surface area contributed by atoms with E-state index in [-0.39, 0.29) is 29.6 Å². The van der Waals surface area contributed by atoms with Crippen molar-refractivity contribution in [2.45, 2.75) is 102 Å². The maximum atomic E-state index is 13.0. The van der Waals surface area contributed by atoms with Crippen LogP contribution < -0.4 is 16.5 Å². The summed E-state index contributed by atoms with van der Waals surface area (Å²) in [6, 6.07) is 3.76. The molecule has 0 aromatic carbocycles. The number of aliphatic hydroxyl groups is 2. The monoisotopic (exact) mass is 603 g/mol. The molecule has 1 aromatic rings. The molecule has 1 saturated heterocycles. The van der Waals surface area contributed by atoms with Gasteiger partial charge in [0.1, 0.15) is 36.6 Å². The van der Waals surface area contributed by atoms with Crippen molar-refractivity contribution >= 4 is 30.0 Å². The SMILES string of the molecule is CC(C)(O)C(=O)N=C([NH+]=CN)c1ccc([C@]2(C#N)O[C@H](COC(=O)CC3CCCC3)[C@@H](OC(=O)[C@@H](N)C(C)(C)C)[C@H]2O)[nH]1. The zero-order valence-corrected chi connectivity index (χ0v) is 25.3. The lowest BCUT2D eigenvalue weighted by Crippen LogP contribution is -2.76. The van der Waals surface area contributed by atoms with Crippen molar-refractivity contribution in [3.63, 3.8) is 0 Å². The van der Waals surface area contributed by atoms with Crippen LogP contribution in [-0.4, -0.2) is 81.8 Å². The number of nitrogens with zero attached hydrogens (tertiary/aromatic N) is 2. The standard InChI is InChI=1S/C29H42N6O8/c1-27(2,3)22(32)25(38)42-21-18(13-41-20(36)12-16-8-6-7-9-16)43-29(14-30,23(21)37)19-11-10-17(34-19)24(33-15-31)35-26(39)28(4,5)40/h10-11,15-16,18,21-23,34,37,40H,6-9,12-13,32H2,1-5H3,(H2,31,33,35,39)/p+1/t18-,21-,22-,23-,29+/m1/s1. The predicted octanol–water partition coefficient (Wildman–Crippen LogP) is -0.986. The summed E-state index contributed by atoms with van der Waals surface area (Å²) in [5.41, 5.74) is 7.20. The largest absolute Gasteiger partial charge is 0.463 e. The van der Waals surface area contributed by atoms with Crippen molar-refractivity contribution in [2.24, 2.45) is 27.8 Å². The number of hydrogen-bond acceptors (Lipinski definition) is 10. The Bertz CT molecular complexity index is 1280. The number of aromatic nitrogens is 1. The van der Waals surface area contributed by atoms with Gasteiger partial charge in [-0.1, -0.05) is 38.6 Å². The molecule has 1 aliphatic carbocycles. The number of ether oxygens (including phenoxy) is 3. The van der Waals surface area contributed by atoms with Gasteiger partial charge in [-0.25, -0.2) is 9.79 Å². The topological polar surface area (TPSA) is 237 Å². The molecule has 43 heavy (non-hydrogen) atoms. The van der Waals surface area contributed by atoms with Crippen LogP contribution in [0.2, 0.25) is 0 Å². The maximum Gasteiger partial charge on any atom is 0.347 e. The minimum atomic E-state index is -2.12. The van der Waals surface area contributed by atoms with Crippen molar-refractivity contribution in [3.05, 3.63) is 23.5 Å². The molecule has 2 aliphatic rings. The first-order valence-electron chi connectivity index (χ1n) is 14.3. The van der Waals surface area contributed by atoms with E-state index in [1.165, 1.54) is 26.0 Å². The number of esters is 2. The Kier molecular flexibility index (Phi) is 10.5. The van der Waals surface area contributed by atoms with Crippen molar-refractivity contribution in [3.8, 4) is 6.07 Å². The molecule has 2 fully saturated rings. The van der Waals surface area contributed by atoms with Gasteiger partial charge in [-0.2, -0.15) is 5.26 Å². The average molecular weight is 604 g/mol. The normalized spacial score (nSPS) is 25.9. The Morgan fingerprint density at radius 3 is 2.49 bits per heavy atom. The second kappa shape index (κ2) is 13.3. The number of nitrogens with two attached hydrogens (primary N) is 2. The van der Waals surface area contributed by atoms with E-state index < -0.39 is 65.4 Å². The first-order valence-corrected chi connectivity index (χ1v) is 14.3. The summed E-state index contributed by atoms with van der Waals surface area (Å²) in [6.07, 6.45) is 0.855. The number of amides is 1. The van der Waals surface area contributed by atoms with Crippen LogP contribution in [0.4, 0.5) is 0 Å². The summed E-state index contributed by atoms with van der Waals surface area (Å²) in [4.78, 5) is 47.3. The summed E-state index contributed by atoms with van der Waals surface area (Å²) in [6.45, 7) is 7.39. The number of carbonyl (C=O) groups excluding carboxylic acids is 3. The fourth-order valence-corrected chi connectivity index (χ4v) is 4.94. The number of carbonyl (C=O) groups is 3. The molecule has 1 saturated carbocycles. The van der Waals surface area contributed by atoms with Gasteiger partial charge < -0.3 is 40.9 Å². The van der Waals surface area contributed by atoms with Gasteiger partial charge >= 0.3 is 17.8 Å². The first-order chi connectivity index (χ1) is 20.0. The van der Waals surface area contributed by atoms with Gasteiger partial charge in [0.05, 0.1) is 5.69 Å². The summed E-state index contributed by atoms with van der Waals surface area (Å²) in [5, 5.41) is 31.8. The molecule has 236 valence electrons. The van der Waals surface area contributed by atoms with Crippen LogP contribution in [-0.2, 0) is 34.2 Å². The molecule has 1 aromatic heterocycles. The molecule has 8 N–H and O–H groups in total. The Hall–Kier alpha value is -3.64. The molecule has 0 bridgehead atoms. The molecule has 3 rings (SSSR count). The van der Waals surface area contributed by atoms with Gasteiger partial charge in [0, 0.05) is 6.42 Å². The highest BCUT2D eigenvalue weighted by atomic mass is 16.6. The number of aliphatic hydroxyl groups excluding tert-OH is 1. The van der Waals surface area contributed by atoms with E-state index in [4.69, 9.17) is 25.7 Å². The number of aromatic amines is 1. The highest BCUT2D eigenvalue weighted by Gasteiger charge is 2.59. The van der Waals surface area contributed by atoms with Crippen LogP contribution in [0, 0.1) is 22.7 Å². The molecule has 0 radical (unpaired) electrons. The highest BCUT2D eigenvalue weighted by Crippen LogP contribution is 2.41. The number of rotatable bonds is 9. The van der Waals surface area contributed by atoms with Gasteiger partial charge in [0.15, 0.2) is 18.0 Å². The van der Waals surface area contributed by atoms with Gasteiger partial charge in [0.2, 0.25) is 5.60 Å². The molecule has 2 heterocycles. The smallest absolute Gasteiger partial charge is 0.347 e. The minimum Gasteiger partial charge on any atom is -0.463 e. The molecule has 1 aliphatic heterocycles. The predicted molar refractivity (Wildman–Crippen MR) is 153 cm³/mol. The van der Waals surface area contributed by atoms with E-state index in [9.17, 15) is 29.9 Å². The third kappa shape index (κ3) is 7.85. The zero-order valence-electron chi connectivity index (χ0n) is 25.3. The second-order valence-corrected chi connectivity index (χ2v) is 12.7. The number of hydrogen-bond donors (Lipinski definition) is 6. The molecular formula is C29H43N6O8+. The second-order valence-electron chi connectivity index (χ2n) is 12.7. The van der Waals surface area contributed by atoms with E-state index in [2.05, 4.69) is 15.0 Å². The fourth-order valence-electron chi connectivity index (χ4n) is 4.94.